The molecule has 0 aromatic carbocycles. The molecule has 4 rings (SSSR count). The summed E-state index contributed by atoms with van der Waals surface area (Å²) in [5, 5.41) is 0. The lowest BCUT2D eigenvalue weighted by atomic mass is 9.77. The third kappa shape index (κ3) is 1.86. The lowest BCUT2D eigenvalue weighted by Crippen LogP contribution is -2.44. The summed E-state index contributed by atoms with van der Waals surface area (Å²) in [6.45, 7) is 1.22. The molecular formula is C16H14N2O5. The molecule has 0 spiro atoms. The van der Waals surface area contributed by atoms with Crippen LogP contribution in [0.3, 0.4) is 0 Å². The first kappa shape index (κ1) is 14.1. The van der Waals surface area contributed by atoms with Crippen molar-refractivity contribution in [3.05, 3.63) is 36.7 Å². The first-order valence-electron chi connectivity index (χ1n) is 7.32. The molecular weight excluding hydrogens is 300 g/mol. The van der Waals surface area contributed by atoms with Crippen LogP contribution in [-0.2, 0) is 23.9 Å². The quantitative estimate of drug-likeness (QED) is 0.458. The van der Waals surface area contributed by atoms with E-state index in [2.05, 4.69) is 4.98 Å². The molecule has 0 aliphatic carbocycles. The minimum absolute atomic E-state index is 0.0730. The van der Waals surface area contributed by atoms with Crippen LogP contribution in [0.15, 0.2) is 36.7 Å². The second kappa shape index (κ2) is 4.73. The van der Waals surface area contributed by atoms with Gasteiger partial charge in [-0.15, -0.1) is 0 Å². The van der Waals surface area contributed by atoms with Crippen LogP contribution in [0.5, 0.6) is 0 Å². The van der Waals surface area contributed by atoms with E-state index in [1.807, 2.05) is 0 Å². The van der Waals surface area contributed by atoms with Crippen LogP contribution < -0.4 is 4.90 Å². The topological polar surface area (TPSA) is 85.8 Å². The summed E-state index contributed by atoms with van der Waals surface area (Å²) in [6, 6.07) is 3.33. The summed E-state index contributed by atoms with van der Waals surface area (Å²) < 4.78 is 10.9. The van der Waals surface area contributed by atoms with Crippen molar-refractivity contribution in [1.29, 1.82) is 0 Å². The zero-order chi connectivity index (χ0) is 16.2. The van der Waals surface area contributed by atoms with Gasteiger partial charge in [-0.3, -0.25) is 19.4 Å². The largest absolute Gasteiger partial charge is 0.462 e. The molecule has 1 aromatic heterocycles. The van der Waals surface area contributed by atoms with Gasteiger partial charge in [0.15, 0.2) is 0 Å². The van der Waals surface area contributed by atoms with Crippen LogP contribution in [0.1, 0.15) is 6.92 Å². The molecule has 23 heavy (non-hydrogen) atoms. The van der Waals surface area contributed by atoms with Crippen molar-refractivity contribution in [3.8, 4) is 0 Å². The second-order valence-corrected chi connectivity index (χ2v) is 5.90. The SMILES string of the molecule is CC(=O)OC[C@@]12C=C[C@@H](O1)[C@H]1C(=O)N(c3cccnc3)C(=O)[C@@H]12. The number of nitrogens with zero attached hydrogens (tertiary/aromatic N) is 2. The Labute approximate surface area is 131 Å². The Morgan fingerprint density at radius 2 is 2.26 bits per heavy atom. The van der Waals surface area contributed by atoms with Gasteiger partial charge in [0.1, 0.15) is 12.2 Å². The van der Waals surface area contributed by atoms with Crippen LogP contribution in [0.2, 0.25) is 0 Å². The van der Waals surface area contributed by atoms with Gasteiger partial charge in [0.25, 0.3) is 0 Å². The third-order valence-electron chi connectivity index (χ3n) is 4.56. The summed E-state index contributed by atoms with van der Waals surface area (Å²) >= 11 is 0. The highest BCUT2D eigenvalue weighted by Gasteiger charge is 2.68. The maximum Gasteiger partial charge on any atom is 0.302 e. The number of hydrogen-bond donors (Lipinski definition) is 0. The van der Waals surface area contributed by atoms with Crippen molar-refractivity contribution in [2.75, 3.05) is 11.5 Å². The third-order valence-corrected chi connectivity index (χ3v) is 4.56. The van der Waals surface area contributed by atoms with Crippen LogP contribution >= 0.6 is 0 Å². The smallest absolute Gasteiger partial charge is 0.302 e. The number of hydrogen-bond acceptors (Lipinski definition) is 6. The normalized spacial score (nSPS) is 34.1. The van der Waals surface area contributed by atoms with Gasteiger partial charge in [0.2, 0.25) is 11.8 Å². The van der Waals surface area contributed by atoms with E-state index in [1.165, 1.54) is 13.1 Å². The van der Waals surface area contributed by atoms with Crippen molar-refractivity contribution < 1.29 is 23.9 Å². The highest BCUT2D eigenvalue weighted by Crippen LogP contribution is 2.52. The Kier molecular flexibility index (Phi) is 2.89. The first-order valence-corrected chi connectivity index (χ1v) is 7.32. The summed E-state index contributed by atoms with van der Waals surface area (Å²) in [5.41, 5.74) is -0.607. The lowest BCUT2D eigenvalue weighted by Gasteiger charge is -2.28. The van der Waals surface area contributed by atoms with E-state index < -0.39 is 29.5 Å². The molecule has 7 heteroatoms. The number of carbonyl (C=O) groups excluding carboxylic acids is 3. The molecule has 7 nitrogen and oxygen atoms in total. The van der Waals surface area contributed by atoms with E-state index in [1.54, 1.807) is 30.5 Å². The predicted octanol–water partition coefficient (Wildman–Crippen LogP) is 0.458. The first-order chi connectivity index (χ1) is 11.0. The molecule has 0 unspecified atom stereocenters. The summed E-state index contributed by atoms with van der Waals surface area (Å²) in [4.78, 5) is 41.8. The van der Waals surface area contributed by atoms with Crippen molar-refractivity contribution in [2.24, 2.45) is 11.8 Å². The van der Waals surface area contributed by atoms with Crippen LogP contribution in [0.25, 0.3) is 0 Å². The Hall–Kier alpha value is -2.54. The summed E-state index contributed by atoms with van der Waals surface area (Å²) in [7, 11) is 0. The summed E-state index contributed by atoms with van der Waals surface area (Å²) in [6.07, 6.45) is 6.09. The van der Waals surface area contributed by atoms with Crippen molar-refractivity contribution in [2.45, 2.75) is 18.6 Å². The molecule has 2 amide bonds. The van der Waals surface area contributed by atoms with Crippen LogP contribution in [0, 0.1) is 11.8 Å². The Morgan fingerprint density at radius 1 is 1.43 bits per heavy atom. The van der Waals surface area contributed by atoms with E-state index in [9.17, 15) is 14.4 Å². The second-order valence-electron chi connectivity index (χ2n) is 5.90. The minimum Gasteiger partial charge on any atom is -0.462 e. The number of imide groups is 1. The average molecular weight is 314 g/mol. The fourth-order valence-corrected chi connectivity index (χ4v) is 3.62. The standard InChI is InChI=1S/C16H14N2O5/c1-9(19)22-8-16-5-4-11(23-16)12-13(16)15(21)18(14(12)20)10-3-2-6-17-7-10/h2-7,11-13H,8H2,1H3/t11-,12-,13-,16-/m1/s1. The van der Waals surface area contributed by atoms with E-state index >= 15 is 0 Å². The maximum atomic E-state index is 12.9. The number of aromatic nitrogens is 1. The highest BCUT2D eigenvalue weighted by atomic mass is 16.6. The Morgan fingerprint density at radius 3 is 2.96 bits per heavy atom. The average Bonchev–Trinajstić information content (AvgIpc) is 3.17. The van der Waals surface area contributed by atoms with Crippen molar-refractivity contribution in [1.82, 2.24) is 4.98 Å². The molecule has 118 valence electrons. The monoisotopic (exact) mass is 314 g/mol. The maximum absolute atomic E-state index is 12.9. The van der Waals surface area contributed by atoms with Crippen molar-refractivity contribution in [3.63, 3.8) is 0 Å². The molecule has 0 saturated carbocycles. The van der Waals surface area contributed by atoms with E-state index in [-0.39, 0.29) is 18.4 Å². The molecule has 4 heterocycles. The van der Waals surface area contributed by atoms with Gasteiger partial charge < -0.3 is 9.47 Å². The lowest BCUT2D eigenvalue weighted by molar-refractivity contribution is -0.150. The number of fused-ring (bicyclic) bond motifs is 5. The van der Waals surface area contributed by atoms with Gasteiger partial charge in [-0.05, 0) is 18.2 Å². The summed E-state index contributed by atoms with van der Waals surface area (Å²) in [5.74, 6) is -2.35. The molecule has 1 aromatic rings. The highest BCUT2D eigenvalue weighted by molar-refractivity contribution is 6.23. The number of carbonyl (C=O) groups is 3. The van der Waals surface area contributed by atoms with Crippen LogP contribution in [0.4, 0.5) is 5.69 Å². The van der Waals surface area contributed by atoms with Gasteiger partial charge in [-0.1, -0.05) is 6.08 Å². The number of rotatable bonds is 3. The molecule has 4 atom stereocenters. The fourth-order valence-electron chi connectivity index (χ4n) is 3.62. The van der Waals surface area contributed by atoms with Gasteiger partial charge in [0, 0.05) is 13.1 Å². The van der Waals surface area contributed by atoms with Gasteiger partial charge in [-0.2, -0.15) is 0 Å². The number of amides is 2. The molecule has 0 radical (unpaired) electrons. The van der Waals surface area contributed by atoms with E-state index in [4.69, 9.17) is 9.47 Å². The molecule has 0 N–H and O–H groups in total. The number of anilines is 1. The minimum atomic E-state index is -1.05. The fraction of sp³-hybridized carbons (Fsp3) is 0.375. The number of ether oxygens (including phenoxy) is 2. The van der Waals surface area contributed by atoms with Crippen molar-refractivity contribution >= 4 is 23.5 Å². The van der Waals surface area contributed by atoms with Gasteiger partial charge in [-0.25, -0.2) is 4.90 Å². The van der Waals surface area contributed by atoms with Gasteiger partial charge >= 0.3 is 5.97 Å². The Balaban J connectivity index is 1.70. The molecule has 2 saturated heterocycles. The molecule has 2 bridgehead atoms. The zero-order valence-corrected chi connectivity index (χ0v) is 12.3. The molecule has 3 aliphatic heterocycles. The molecule has 2 fully saturated rings. The van der Waals surface area contributed by atoms with Crippen LogP contribution in [-0.4, -0.2) is 41.1 Å². The predicted molar refractivity (Wildman–Crippen MR) is 77.1 cm³/mol. The zero-order valence-electron chi connectivity index (χ0n) is 12.3. The van der Waals surface area contributed by atoms with Gasteiger partial charge in [0.05, 0.1) is 29.8 Å². The Bertz CT molecular complexity index is 731. The molecule has 3 aliphatic rings. The number of esters is 1. The van der Waals surface area contributed by atoms with E-state index in [0.717, 1.165) is 4.90 Å². The van der Waals surface area contributed by atoms with E-state index in [0.29, 0.717) is 5.69 Å². The number of pyridine rings is 1.